The van der Waals surface area contributed by atoms with E-state index < -0.39 is 42.8 Å². The quantitative estimate of drug-likeness (QED) is 0.395. The van der Waals surface area contributed by atoms with E-state index in [2.05, 4.69) is 14.4 Å². The number of nitrogens with one attached hydrogen (secondary N) is 2. The molecule has 38 heavy (non-hydrogen) atoms. The molecule has 0 fully saturated rings. The second kappa shape index (κ2) is 10.1. The molecule has 0 amide bonds. The Kier molecular flexibility index (Phi) is 7.41. The molecule has 0 bridgehead atoms. The van der Waals surface area contributed by atoms with Gasteiger partial charge in [0, 0.05) is 11.3 Å². The fourth-order valence-corrected chi connectivity index (χ4v) is 6.78. The SMILES string of the molecule is CCCCC1(CCCC)C(=O)C(C2=NS(=O)(=O)c3cc(NS(C)(=O)=O)ccc3N2)=C(O)c2cc(F)ccc21. The predicted molar refractivity (Wildman–Crippen MR) is 145 cm³/mol. The van der Waals surface area contributed by atoms with Crippen LogP contribution in [0.1, 0.15) is 63.5 Å². The third-order valence-electron chi connectivity index (χ3n) is 6.83. The summed E-state index contributed by atoms with van der Waals surface area (Å²) in [6.07, 6.45) is 4.79. The molecule has 2 aromatic carbocycles. The number of unbranched alkanes of at least 4 members (excludes halogenated alkanes) is 2. The number of hydrogen-bond acceptors (Lipinski definition) is 7. The molecule has 0 aromatic heterocycles. The van der Waals surface area contributed by atoms with Gasteiger partial charge in [0.1, 0.15) is 22.0 Å². The van der Waals surface area contributed by atoms with Gasteiger partial charge in [0.05, 0.1) is 17.4 Å². The van der Waals surface area contributed by atoms with Gasteiger partial charge in [-0.2, -0.15) is 8.42 Å². The average Bonchev–Trinajstić information content (AvgIpc) is 2.83. The van der Waals surface area contributed by atoms with Crippen molar-refractivity contribution >= 4 is 48.8 Å². The van der Waals surface area contributed by atoms with Crippen molar-refractivity contribution in [2.75, 3.05) is 16.3 Å². The van der Waals surface area contributed by atoms with Crippen LogP contribution >= 0.6 is 0 Å². The topological polar surface area (TPSA) is 142 Å². The molecule has 0 radical (unpaired) electrons. The summed E-state index contributed by atoms with van der Waals surface area (Å²) in [5.41, 5.74) is -0.680. The highest BCUT2D eigenvalue weighted by Crippen LogP contribution is 2.47. The number of halogens is 1. The molecule has 2 aromatic rings. The van der Waals surface area contributed by atoms with E-state index in [0.29, 0.717) is 31.2 Å². The van der Waals surface area contributed by atoms with Crippen molar-refractivity contribution in [1.82, 2.24) is 0 Å². The number of carbonyl (C=O) groups excluding carboxylic acids is 1. The van der Waals surface area contributed by atoms with Crippen LogP contribution in [0, 0.1) is 5.82 Å². The Morgan fingerprint density at radius 1 is 1.08 bits per heavy atom. The molecule has 0 spiro atoms. The summed E-state index contributed by atoms with van der Waals surface area (Å²) < 4.78 is 69.9. The molecule has 0 saturated carbocycles. The smallest absolute Gasteiger partial charge is 0.286 e. The maximum absolute atomic E-state index is 14.4. The van der Waals surface area contributed by atoms with Crippen LogP contribution in [0.25, 0.3) is 5.76 Å². The summed E-state index contributed by atoms with van der Waals surface area (Å²) in [7, 11) is -8.06. The molecule has 3 N–H and O–H groups in total. The molecule has 0 saturated heterocycles. The number of ketones is 1. The molecule has 4 rings (SSSR count). The minimum absolute atomic E-state index is 0.0219. The number of sulfonamides is 2. The van der Waals surface area contributed by atoms with Crippen molar-refractivity contribution in [3.63, 3.8) is 0 Å². The maximum Gasteiger partial charge on any atom is 0.286 e. The van der Waals surface area contributed by atoms with Crippen LogP contribution in [-0.4, -0.2) is 39.8 Å². The van der Waals surface area contributed by atoms with Gasteiger partial charge in [-0.15, -0.1) is 4.40 Å². The zero-order chi connectivity index (χ0) is 27.9. The number of anilines is 2. The summed E-state index contributed by atoms with van der Waals surface area (Å²) in [6, 6.07) is 7.76. The van der Waals surface area contributed by atoms with Gasteiger partial charge in [0.15, 0.2) is 11.6 Å². The Morgan fingerprint density at radius 2 is 1.74 bits per heavy atom. The number of Topliss-reactive ketones (excluding diaryl/α,β-unsaturated/α-hetero) is 1. The van der Waals surface area contributed by atoms with Crippen LogP contribution in [0.3, 0.4) is 0 Å². The number of benzene rings is 2. The number of hydrogen-bond donors (Lipinski definition) is 3. The number of aliphatic hydroxyl groups is 1. The lowest BCUT2D eigenvalue weighted by Gasteiger charge is -2.39. The van der Waals surface area contributed by atoms with Crippen molar-refractivity contribution in [3.05, 3.63) is 58.9 Å². The van der Waals surface area contributed by atoms with Crippen LogP contribution in [0.5, 0.6) is 0 Å². The Balaban J connectivity index is 1.90. The van der Waals surface area contributed by atoms with E-state index in [0.717, 1.165) is 31.2 Å². The lowest BCUT2D eigenvalue weighted by molar-refractivity contribution is -0.121. The van der Waals surface area contributed by atoms with Crippen LogP contribution in [0.4, 0.5) is 15.8 Å². The van der Waals surface area contributed by atoms with E-state index in [4.69, 9.17) is 0 Å². The summed E-state index contributed by atoms with van der Waals surface area (Å²) in [6.45, 7) is 3.98. The summed E-state index contributed by atoms with van der Waals surface area (Å²) >= 11 is 0. The highest BCUT2D eigenvalue weighted by Gasteiger charge is 2.49. The molecule has 1 heterocycles. The number of nitrogens with zero attached hydrogens (tertiary/aromatic N) is 1. The summed E-state index contributed by atoms with van der Waals surface area (Å²) in [4.78, 5) is 13.9. The van der Waals surface area contributed by atoms with E-state index in [1.165, 1.54) is 24.3 Å². The highest BCUT2D eigenvalue weighted by molar-refractivity contribution is 7.92. The van der Waals surface area contributed by atoms with Gasteiger partial charge in [-0.3, -0.25) is 9.52 Å². The molecule has 0 atom stereocenters. The van der Waals surface area contributed by atoms with Crippen LogP contribution < -0.4 is 10.0 Å². The number of fused-ring (bicyclic) bond motifs is 2. The molecule has 1 aliphatic carbocycles. The Bertz CT molecular complexity index is 1570. The van der Waals surface area contributed by atoms with Crippen LogP contribution in [0.2, 0.25) is 0 Å². The van der Waals surface area contributed by atoms with Gasteiger partial charge in [0.2, 0.25) is 10.0 Å². The first-order valence-corrected chi connectivity index (χ1v) is 15.7. The average molecular weight is 564 g/mol. The zero-order valence-electron chi connectivity index (χ0n) is 21.3. The molecule has 12 heteroatoms. The Hall–Kier alpha value is -3.25. The second-order valence-electron chi connectivity index (χ2n) is 9.66. The first-order chi connectivity index (χ1) is 17.8. The first kappa shape index (κ1) is 27.8. The lowest BCUT2D eigenvalue weighted by atomic mass is 9.63. The van der Waals surface area contributed by atoms with Crippen molar-refractivity contribution < 1.29 is 31.1 Å². The summed E-state index contributed by atoms with van der Waals surface area (Å²) in [5, 5.41) is 14.1. The predicted octanol–water partition coefficient (Wildman–Crippen LogP) is 4.88. The van der Waals surface area contributed by atoms with Gasteiger partial charge >= 0.3 is 0 Å². The van der Waals surface area contributed by atoms with Crippen LogP contribution in [-0.2, 0) is 30.3 Å². The number of rotatable bonds is 9. The van der Waals surface area contributed by atoms with Crippen LogP contribution in [0.15, 0.2) is 51.3 Å². The lowest BCUT2D eigenvalue weighted by Crippen LogP contribution is -2.44. The molecular weight excluding hydrogens is 533 g/mol. The minimum atomic E-state index is -4.40. The molecule has 9 nitrogen and oxygen atoms in total. The second-order valence-corrected chi connectivity index (χ2v) is 13.0. The molecule has 2 aliphatic rings. The fourth-order valence-electron chi connectivity index (χ4n) is 5.08. The summed E-state index contributed by atoms with van der Waals surface area (Å²) in [5.74, 6) is -1.99. The monoisotopic (exact) mass is 563 g/mol. The van der Waals surface area contributed by atoms with Crippen molar-refractivity contribution in [3.8, 4) is 0 Å². The minimum Gasteiger partial charge on any atom is -0.506 e. The molecule has 204 valence electrons. The van der Waals surface area contributed by atoms with E-state index in [-0.39, 0.29) is 33.2 Å². The molecule has 0 unspecified atom stereocenters. The molecule has 1 aliphatic heterocycles. The van der Waals surface area contributed by atoms with Gasteiger partial charge in [0.25, 0.3) is 10.0 Å². The van der Waals surface area contributed by atoms with E-state index in [9.17, 15) is 31.1 Å². The zero-order valence-corrected chi connectivity index (χ0v) is 23.0. The standard InChI is InChI=1S/C26H30FN3O6S2/c1-4-6-12-26(13-7-5-2)19-10-8-16(27)14-18(19)23(31)22(24(26)32)25-28-20-11-9-17(29-37(3,33)34)15-21(20)38(35,36)30-25/h8-11,14-15,29,31H,4-7,12-13H2,1-3H3,(H,28,30). The first-order valence-electron chi connectivity index (χ1n) is 12.4. The number of aliphatic hydroxyl groups excluding tert-OH is 1. The number of amidine groups is 1. The van der Waals surface area contributed by atoms with Gasteiger partial charge < -0.3 is 10.4 Å². The normalized spacial score (nSPS) is 17.8. The number of carbonyl (C=O) groups is 1. The third-order valence-corrected chi connectivity index (χ3v) is 8.75. The van der Waals surface area contributed by atoms with Crippen molar-refractivity contribution in [2.24, 2.45) is 4.40 Å². The Morgan fingerprint density at radius 3 is 2.34 bits per heavy atom. The fraction of sp³-hybridized carbons (Fsp3) is 0.385. The third kappa shape index (κ3) is 5.06. The van der Waals surface area contributed by atoms with Gasteiger partial charge in [-0.1, -0.05) is 45.6 Å². The van der Waals surface area contributed by atoms with Crippen molar-refractivity contribution in [2.45, 2.75) is 62.7 Å². The molecular formula is C26H30FN3O6S2. The van der Waals surface area contributed by atoms with Gasteiger partial charge in [-0.05, 0) is 48.7 Å². The van der Waals surface area contributed by atoms with Crippen molar-refractivity contribution in [1.29, 1.82) is 0 Å². The maximum atomic E-state index is 14.4. The van der Waals surface area contributed by atoms with E-state index in [1.807, 2.05) is 13.8 Å². The largest absolute Gasteiger partial charge is 0.506 e. The highest BCUT2D eigenvalue weighted by atomic mass is 32.2. The van der Waals surface area contributed by atoms with Gasteiger partial charge in [-0.25, -0.2) is 12.8 Å². The van der Waals surface area contributed by atoms with E-state index in [1.54, 1.807) is 0 Å². The Labute approximate surface area is 222 Å². The van der Waals surface area contributed by atoms with E-state index >= 15 is 0 Å².